The first-order chi connectivity index (χ1) is 13.3. The zero-order chi connectivity index (χ0) is 20.3. The van der Waals surface area contributed by atoms with Gasteiger partial charge in [0.05, 0.1) is 11.4 Å². The number of nitrogens with zero attached hydrogens (tertiary/aromatic N) is 2. The lowest BCUT2D eigenvalue weighted by molar-refractivity contribution is -0.119. The van der Waals surface area contributed by atoms with Gasteiger partial charge in [-0.15, -0.1) is 11.3 Å². The van der Waals surface area contributed by atoms with Gasteiger partial charge in [-0.25, -0.2) is 9.48 Å². The Kier molecular flexibility index (Phi) is 5.65. The number of benzene rings is 1. The fraction of sp³-hybridized carbons (Fsp3) is 0.286. The summed E-state index contributed by atoms with van der Waals surface area (Å²) in [6.07, 6.45) is 0. The van der Waals surface area contributed by atoms with Crippen LogP contribution in [0.1, 0.15) is 41.7 Å². The van der Waals surface area contributed by atoms with E-state index in [0.29, 0.717) is 10.7 Å². The van der Waals surface area contributed by atoms with Gasteiger partial charge in [0, 0.05) is 11.5 Å². The molecule has 28 heavy (non-hydrogen) atoms. The van der Waals surface area contributed by atoms with Crippen LogP contribution in [-0.4, -0.2) is 28.3 Å². The number of carbonyl (C=O) groups is 2. The first kappa shape index (κ1) is 19.8. The highest BCUT2D eigenvalue weighted by Crippen LogP contribution is 2.26. The minimum Gasteiger partial charge on any atom is -0.451 e. The molecule has 6 nitrogen and oxygen atoms in total. The molecular weight excluding hydrogens is 374 g/mol. The highest BCUT2D eigenvalue weighted by molar-refractivity contribution is 7.12. The molecule has 2 heterocycles. The van der Waals surface area contributed by atoms with Crippen molar-refractivity contribution in [2.24, 2.45) is 0 Å². The third kappa shape index (κ3) is 4.48. The minimum absolute atomic E-state index is 0.178. The molecule has 1 aromatic carbocycles. The zero-order valence-corrected chi connectivity index (χ0v) is 17.2. The summed E-state index contributed by atoms with van der Waals surface area (Å²) in [6.45, 7) is 7.64. The van der Waals surface area contributed by atoms with E-state index in [2.05, 4.69) is 31.2 Å². The van der Waals surface area contributed by atoms with Crippen molar-refractivity contribution in [3.63, 3.8) is 0 Å². The predicted octanol–water partition coefficient (Wildman–Crippen LogP) is 4.34. The number of para-hydroxylation sites is 1. The van der Waals surface area contributed by atoms with Gasteiger partial charge in [0.15, 0.2) is 6.61 Å². The number of hydrogen-bond acceptors (Lipinski definition) is 5. The number of esters is 1. The average Bonchev–Trinajstić information content (AvgIpc) is 3.26. The fourth-order valence-electron chi connectivity index (χ4n) is 2.56. The van der Waals surface area contributed by atoms with Gasteiger partial charge < -0.3 is 10.1 Å². The number of rotatable bonds is 5. The van der Waals surface area contributed by atoms with E-state index in [4.69, 9.17) is 4.74 Å². The first-order valence-corrected chi connectivity index (χ1v) is 9.80. The van der Waals surface area contributed by atoms with Gasteiger partial charge in [-0.1, -0.05) is 39.0 Å². The number of ether oxygens (including phenoxy) is 1. The summed E-state index contributed by atoms with van der Waals surface area (Å²) in [6, 6.07) is 13.2. The fourth-order valence-corrected chi connectivity index (χ4v) is 3.38. The molecule has 3 rings (SSSR count). The van der Waals surface area contributed by atoms with E-state index in [-0.39, 0.29) is 12.0 Å². The molecule has 0 atom stereocenters. The summed E-state index contributed by atoms with van der Waals surface area (Å²) in [5.74, 6) is -0.376. The highest BCUT2D eigenvalue weighted by Gasteiger charge is 2.22. The third-order valence-corrected chi connectivity index (χ3v) is 5.12. The Hall–Kier alpha value is -2.93. The number of aryl methyl sites for hydroxylation is 1. The number of nitrogens with one attached hydrogen (secondary N) is 1. The van der Waals surface area contributed by atoms with Gasteiger partial charge in [-0.2, -0.15) is 5.10 Å². The lowest BCUT2D eigenvalue weighted by Gasteiger charge is -2.14. The summed E-state index contributed by atoms with van der Waals surface area (Å²) in [7, 11) is 0. The normalized spacial score (nSPS) is 11.3. The Labute approximate surface area is 168 Å². The molecule has 1 N–H and O–H groups in total. The van der Waals surface area contributed by atoms with Gasteiger partial charge in [0.25, 0.3) is 5.91 Å². The SMILES string of the molecule is Cc1ccsc1C(=O)OCC(=O)Nc1cc(C(C)(C)C)nn1-c1ccccc1. The number of carbonyl (C=O) groups excluding carboxylic acids is 2. The predicted molar refractivity (Wildman–Crippen MR) is 110 cm³/mol. The maximum Gasteiger partial charge on any atom is 0.349 e. The minimum atomic E-state index is -0.491. The van der Waals surface area contributed by atoms with Crippen molar-refractivity contribution in [3.05, 3.63) is 64.0 Å². The Morgan fingerprint density at radius 2 is 1.89 bits per heavy atom. The second-order valence-electron chi connectivity index (χ2n) is 7.47. The number of aromatic nitrogens is 2. The molecule has 0 aliphatic heterocycles. The summed E-state index contributed by atoms with van der Waals surface area (Å²) < 4.78 is 6.83. The molecule has 0 unspecified atom stereocenters. The van der Waals surface area contributed by atoms with Crippen molar-refractivity contribution in [1.82, 2.24) is 9.78 Å². The molecule has 3 aromatic rings. The molecule has 146 valence electrons. The number of anilines is 1. The summed E-state index contributed by atoms with van der Waals surface area (Å²) >= 11 is 1.30. The van der Waals surface area contributed by atoms with Crippen LogP contribution in [0.4, 0.5) is 5.82 Å². The molecular formula is C21H23N3O3S. The van der Waals surface area contributed by atoms with Gasteiger partial charge in [0.2, 0.25) is 0 Å². The molecule has 0 fully saturated rings. The van der Waals surface area contributed by atoms with Gasteiger partial charge >= 0.3 is 5.97 Å². The van der Waals surface area contributed by atoms with Crippen LogP contribution in [0.15, 0.2) is 47.8 Å². The quantitative estimate of drug-likeness (QED) is 0.650. The number of hydrogen-bond donors (Lipinski definition) is 1. The van der Waals surface area contributed by atoms with Gasteiger partial charge in [0.1, 0.15) is 10.7 Å². The van der Waals surface area contributed by atoms with Crippen molar-refractivity contribution >= 4 is 29.0 Å². The van der Waals surface area contributed by atoms with Crippen molar-refractivity contribution in [3.8, 4) is 5.69 Å². The number of amides is 1. The molecule has 0 saturated carbocycles. The summed E-state index contributed by atoms with van der Waals surface area (Å²) in [5.41, 5.74) is 2.34. The van der Waals surface area contributed by atoms with Crippen LogP contribution in [0.2, 0.25) is 0 Å². The largest absolute Gasteiger partial charge is 0.451 e. The maximum absolute atomic E-state index is 12.4. The van der Waals surface area contributed by atoms with Crippen molar-refractivity contribution in [1.29, 1.82) is 0 Å². The van der Waals surface area contributed by atoms with Crippen LogP contribution in [0.5, 0.6) is 0 Å². The topological polar surface area (TPSA) is 73.2 Å². The molecule has 0 bridgehead atoms. The van der Waals surface area contributed by atoms with Crippen molar-refractivity contribution in [2.45, 2.75) is 33.1 Å². The second-order valence-corrected chi connectivity index (χ2v) is 8.39. The average molecular weight is 398 g/mol. The maximum atomic E-state index is 12.4. The Morgan fingerprint density at radius 3 is 2.50 bits per heavy atom. The molecule has 0 aliphatic carbocycles. The van der Waals surface area contributed by atoms with Crippen LogP contribution in [0.25, 0.3) is 5.69 Å². The van der Waals surface area contributed by atoms with E-state index in [1.54, 1.807) is 4.68 Å². The Balaban J connectivity index is 1.75. The molecule has 0 spiro atoms. The van der Waals surface area contributed by atoms with E-state index in [1.807, 2.05) is 54.8 Å². The van der Waals surface area contributed by atoms with Crippen LogP contribution < -0.4 is 5.32 Å². The van der Waals surface area contributed by atoms with Crippen LogP contribution >= 0.6 is 11.3 Å². The van der Waals surface area contributed by atoms with Gasteiger partial charge in [-0.3, -0.25) is 4.79 Å². The smallest absolute Gasteiger partial charge is 0.349 e. The molecule has 0 radical (unpaired) electrons. The lowest BCUT2D eigenvalue weighted by Crippen LogP contribution is -2.22. The van der Waals surface area contributed by atoms with E-state index in [1.165, 1.54) is 11.3 Å². The van der Waals surface area contributed by atoms with E-state index < -0.39 is 11.9 Å². The molecule has 7 heteroatoms. The molecule has 0 aliphatic rings. The standard InChI is InChI=1S/C21H23N3O3S/c1-14-10-11-28-19(14)20(26)27-13-18(25)22-17-12-16(21(2,3)4)23-24(17)15-8-6-5-7-9-15/h5-12H,13H2,1-4H3,(H,22,25). The lowest BCUT2D eigenvalue weighted by atomic mass is 9.92. The summed E-state index contributed by atoms with van der Waals surface area (Å²) in [5, 5.41) is 9.27. The van der Waals surface area contributed by atoms with Crippen molar-refractivity contribution in [2.75, 3.05) is 11.9 Å². The van der Waals surface area contributed by atoms with Crippen molar-refractivity contribution < 1.29 is 14.3 Å². The zero-order valence-electron chi connectivity index (χ0n) is 16.4. The third-order valence-electron chi connectivity index (χ3n) is 4.13. The van der Waals surface area contributed by atoms with E-state index in [0.717, 1.165) is 16.9 Å². The number of thiophene rings is 1. The van der Waals surface area contributed by atoms with Crippen LogP contribution in [0, 0.1) is 6.92 Å². The van der Waals surface area contributed by atoms with Gasteiger partial charge in [-0.05, 0) is 36.1 Å². The van der Waals surface area contributed by atoms with E-state index >= 15 is 0 Å². The highest BCUT2D eigenvalue weighted by atomic mass is 32.1. The molecule has 1 amide bonds. The first-order valence-electron chi connectivity index (χ1n) is 8.93. The second kappa shape index (κ2) is 7.98. The Bertz CT molecular complexity index is 984. The van der Waals surface area contributed by atoms with Crippen LogP contribution in [0.3, 0.4) is 0 Å². The monoisotopic (exact) mass is 397 g/mol. The van der Waals surface area contributed by atoms with E-state index in [9.17, 15) is 9.59 Å². The summed E-state index contributed by atoms with van der Waals surface area (Å²) in [4.78, 5) is 25.0. The molecule has 0 saturated heterocycles. The Morgan fingerprint density at radius 1 is 1.18 bits per heavy atom. The molecule has 2 aromatic heterocycles. The van der Waals surface area contributed by atoms with Crippen LogP contribution in [-0.2, 0) is 14.9 Å².